The molecule has 0 amide bonds. The van der Waals surface area contributed by atoms with E-state index in [-0.39, 0.29) is 17.9 Å². The normalized spacial score (nSPS) is 26.9. The molecule has 2 nitrogen and oxygen atoms in total. The fraction of sp³-hybridized carbons (Fsp3) is 0.900. The third-order valence-electron chi connectivity index (χ3n) is 3.25. The monoisotopic (exact) mass is 203 g/mol. The molecule has 0 radical (unpaired) electrons. The molecule has 0 aromatic heterocycles. The van der Waals surface area contributed by atoms with Gasteiger partial charge in [-0.05, 0) is 12.8 Å². The van der Waals surface area contributed by atoms with Crippen molar-refractivity contribution in [2.75, 3.05) is 6.54 Å². The second-order valence-electron chi connectivity index (χ2n) is 4.23. The van der Waals surface area contributed by atoms with Crippen molar-refractivity contribution in [1.82, 2.24) is 5.32 Å². The molecule has 2 rings (SSSR count). The summed E-state index contributed by atoms with van der Waals surface area (Å²) in [7, 11) is 0. The van der Waals surface area contributed by atoms with Gasteiger partial charge in [0.05, 0.1) is 0 Å². The molecule has 0 bridgehead atoms. The third-order valence-corrected chi connectivity index (χ3v) is 3.25. The van der Waals surface area contributed by atoms with E-state index in [9.17, 15) is 4.79 Å². The highest BCUT2D eigenvalue weighted by molar-refractivity contribution is 5.85. The van der Waals surface area contributed by atoms with Crippen molar-refractivity contribution in [2.45, 2.75) is 50.5 Å². The van der Waals surface area contributed by atoms with Crippen molar-refractivity contribution >= 4 is 18.2 Å². The Morgan fingerprint density at radius 1 is 1.15 bits per heavy atom. The van der Waals surface area contributed by atoms with Crippen LogP contribution in [0.3, 0.4) is 0 Å². The summed E-state index contributed by atoms with van der Waals surface area (Å²) in [6, 6.07) is 0. The van der Waals surface area contributed by atoms with Gasteiger partial charge in [-0.1, -0.05) is 19.3 Å². The highest BCUT2D eigenvalue weighted by Gasteiger charge is 2.35. The van der Waals surface area contributed by atoms with Gasteiger partial charge < -0.3 is 5.32 Å². The molecule has 3 heteroatoms. The molecule has 1 spiro atoms. The molecule has 1 heterocycles. The lowest BCUT2D eigenvalue weighted by molar-refractivity contribution is -0.122. The minimum absolute atomic E-state index is 0. The van der Waals surface area contributed by atoms with Crippen LogP contribution < -0.4 is 5.32 Å². The van der Waals surface area contributed by atoms with Crippen molar-refractivity contribution < 1.29 is 4.79 Å². The van der Waals surface area contributed by atoms with Crippen LogP contribution in [-0.4, -0.2) is 17.9 Å². The molecule has 13 heavy (non-hydrogen) atoms. The van der Waals surface area contributed by atoms with E-state index in [2.05, 4.69) is 5.32 Å². The minimum atomic E-state index is 0. The average molecular weight is 204 g/mol. The number of nitrogens with one attached hydrogen (secondary N) is 1. The Kier molecular flexibility index (Phi) is 3.74. The van der Waals surface area contributed by atoms with Gasteiger partial charge in [-0.25, -0.2) is 0 Å². The predicted octanol–water partition coefficient (Wildman–Crippen LogP) is 2.06. The lowest BCUT2D eigenvalue weighted by atomic mass is 9.76. The molecule has 1 saturated heterocycles. The maximum atomic E-state index is 11.3. The van der Waals surface area contributed by atoms with E-state index in [0.717, 1.165) is 19.4 Å². The van der Waals surface area contributed by atoms with Crippen LogP contribution in [0.2, 0.25) is 0 Å². The van der Waals surface area contributed by atoms with Gasteiger partial charge >= 0.3 is 0 Å². The standard InChI is InChI=1S/C10H17NO.ClH/c12-9-4-7-11-10(8-9)5-2-1-3-6-10;/h11H,1-8H2;1H. The van der Waals surface area contributed by atoms with Crippen molar-refractivity contribution in [2.24, 2.45) is 0 Å². The number of rotatable bonds is 0. The van der Waals surface area contributed by atoms with Crippen LogP contribution in [0.15, 0.2) is 0 Å². The first kappa shape index (κ1) is 11.0. The maximum absolute atomic E-state index is 11.3. The van der Waals surface area contributed by atoms with Crippen LogP contribution in [0.5, 0.6) is 0 Å². The zero-order chi connectivity index (χ0) is 8.44. The van der Waals surface area contributed by atoms with Gasteiger partial charge in [0.15, 0.2) is 0 Å². The Bertz CT molecular complexity index is 182. The smallest absolute Gasteiger partial charge is 0.136 e. The Morgan fingerprint density at radius 2 is 1.85 bits per heavy atom. The molecule has 76 valence electrons. The van der Waals surface area contributed by atoms with Crippen LogP contribution in [-0.2, 0) is 4.79 Å². The van der Waals surface area contributed by atoms with E-state index in [1.165, 1.54) is 32.1 Å². The second kappa shape index (κ2) is 4.43. The van der Waals surface area contributed by atoms with Gasteiger partial charge in [0.25, 0.3) is 0 Å². The first-order valence-electron chi connectivity index (χ1n) is 5.08. The van der Waals surface area contributed by atoms with Crippen molar-refractivity contribution in [1.29, 1.82) is 0 Å². The summed E-state index contributed by atoms with van der Waals surface area (Å²) in [6.45, 7) is 0.916. The van der Waals surface area contributed by atoms with E-state index < -0.39 is 0 Å². The first-order valence-corrected chi connectivity index (χ1v) is 5.08. The topological polar surface area (TPSA) is 29.1 Å². The van der Waals surface area contributed by atoms with Crippen LogP contribution in [0.1, 0.15) is 44.9 Å². The summed E-state index contributed by atoms with van der Waals surface area (Å²) in [6.07, 6.45) is 7.96. The summed E-state index contributed by atoms with van der Waals surface area (Å²) in [4.78, 5) is 11.3. The number of ketones is 1. The fourth-order valence-corrected chi connectivity index (χ4v) is 2.58. The quantitative estimate of drug-likeness (QED) is 0.653. The zero-order valence-corrected chi connectivity index (χ0v) is 8.79. The van der Waals surface area contributed by atoms with Gasteiger partial charge in [-0.2, -0.15) is 0 Å². The van der Waals surface area contributed by atoms with Crippen LogP contribution >= 0.6 is 12.4 Å². The number of hydrogen-bond acceptors (Lipinski definition) is 2. The van der Waals surface area contributed by atoms with Crippen LogP contribution in [0.25, 0.3) is 0 Å². The van der Waals surface area contributed by atoms with Gasteiger partial charge in [0.2, 0.25) is 0 Å². The molecule has 0 aromatic carbocycles. The summed E-state index contributed by atoms with van der Waals surface area (Å²) >= 11 is 0. The van der Waals surface area contributed by atoms with Crippen molar-refractivity contribution in [3.63, 3.8) is 0 Å². The van der Waals surface area contributed by atoms with Crippen molar-refractivity contribution in [3.05, 3.63) is 0 Å². The van der Waals surface area contributed by atoms with E-state index in [1.807, 2.05) is 0 Å². The molecular formula is C10H18ClNO. The second-order valence-corrected chi connectivity index (χ2v) is 4.23. The number of Topliss-reactive ketones (excluding diaryl/α,β-unsaturated/α-hetero) is 1. The lowest BCUT2D eigenvalue weighted by Gasteiger charge is -2.40. The number of carbonyl (C=O) groups is 1. The molecule has 1 aliphatic carbocycles. The molecule has 0 aromatic rings. The molecule has 2 fully saturated rings. The minimum Gasteiger partial charge on any atom is -0.310 e. The SMILES string of the molecule is Cl.O=C1CCNC2(CCCCC2)C1. The van der Waals surface area contributed by atoms with Crippen LogP contribution in [0.4, 0.5) is 0 Å². The van der Waals surface area contributed by atoms with Gasteiger partial charge in [-0.3, -0.25) is 4.79 Å². The van der Waals surface area contributed by atoms with Gasteiger partial charge in [-0.15, -0.1) is 12.4 Å². The molecule has 0 atom stereocenters. The number of hydrogen-bond donors (Lipinski definition) is 1. The Hall–Kier alpha value is -0.0800. The largest absolute Gasteiger partial charge is 0.310 e. The molecule has 1 N–H and O–H groups in total. The zero-order valence-electron chi connectivity index (χ0n) is 7.97. The van der Waals surface area contributed by atoms with Gasteiger partial charge in [0, 0.05) is 24.9 Å². The molecule has 1 aliphatic heterocycles. The fourth-order valence-electron chi connectivity index (χ4n) is 2.58. The highest BCUT2D eigenvalue weighted by Crippen LogP contribution is 2.33. The molecular weight excluding hydrogens is 186 g/mol. The molecule has 2 aliphatic rings. The highest BCUT2D eigenvalue weighted by atomic mass is 35.5. The summed E-state index contributed by atoms with van der Waals surface area (Å²) in [5.41, 5.74) is 0.230. The summed E-state index contributed by atoms with van der Waals surface area (Å²) in [5, 5.41) is 3.54. The molecule has 1 saturated carbocycles. The van der Waals surface area contributed by atoms with E-state index in [0.29, 0.717) is 5.78 Å². The van der Waals surface area contributed by atoms with E-state index in [4.69, 9.17) is 0 Å². The third kappa shape index (κ3) is 2.44. The lowest BCUT2D eigenvalue weighted by Crippen LogP contribution is -2.52. The Balaban J connectivity index is 0.000000845. The summed E-state index contributed by atoms with van der Waals surface area (Å²) in [5.74, 6) is 0.468. The van der Waals surface area contributed by atoms with E-state index in [1.54, 1.807) is 0 Å². The molecule has 0 unspecified atom stereocenters. The first-order chi connectivity index (χ1) is 5.81. The van der Waals surface area contributed by atoms with Gasteiger partial charge in [0.1, 0.15) is 5.78 Å². The number of piperidine rings is 1. The van der Waals surface area contributed by atoms with Crippen LogP contribution in [0, 0.1) is 0 Å². The number of halogens is 1. The summed E-state index contributed by atoms with van der Waals surface area (Å²) < 4.78 is 0. The predicted molar refractivity (Wildman–Crippen MR) is 55.3 cm³/mol. The Morgan fingerprint density at radius 3 is 2.46 bits per heavy atom. The Labute approximate surface area is 85.9 Å². The van der Waals surface area contributed by atoms with Crippen molar-refractivity contribution in [3.8, 4) is 0 Å². The number of carbonyl (C=O) groups excluding carboxylic acids is 1. The maximum Gasteiger partial charge on any atom is 0.136 e. The van der Waals surface area contributed by atoms with E-state index >= 15 is 0 Å². The average Bonchev–Trinajstić information content (AvgIpc) is 2.05.